The van der Waals surface area contributed by atoms with Crippen molar-refractivity contribution in [1.82, 2.24) is 15.0 Å². The number of halogens is 1. The third-order valence-electron chi connectivity index (χ3n) is 4.25. The van der Waals surface area contributed by atoms with Crippen LogP contribution in [0, 0.1) is 0 Å². The van der Waals surface area contributed by atoms with Crippen molar-refractivity contribution in [2.45, 2.75) is 38.1 Å². The first-order chi connectivity index (χ1) is 9.71. The number of morpholine rings is 1. The van der Waals surface area contributed by atoms with Crippen LogP contribution in [0.4, 0.5) is 11.9 Å². The first-order valence-corrected chi connectivity index (χ1v) is 7.61. The maximum atomic E-state index is 6.04. The predicted molar refractivity (Wildman–Crippen MR) is 78.4 cm³/mol. The van der Waals surface area contributed by atoms with Crippen LogP contribution < -0.4 is 10.2 Å². The molecule has 1 saturated heterocycles. The van der Waals surface area contributed by atoms with Crippen LogP contribution in [0.5, 0.6) is 0 Å². The van der Waals surface area contributed by atoms with E-state index in [1.165, 1.54) is 19.3 Å². The summed E-state index contributed by atoms with van der Waals surface area (Å²) in [5, 5.41) is 3.70. The van der Waals surface area contributed by atoms with Crippen LogP contribution in [0.15, 0.2) is 0 Å². The SMILES string of the molecule is CCC1(Nc2nc(Cl)nc(N3CCOCC3)n2)CCC1. The summed E-state index contributed by atoms with van der Waals surface area (Å²) in [6.07, 6.45) is 4.67. The largest absolute Gasteiger partial charge is 0.378 e. The van der Waals surface area contributed by atoms with Crippen LogP contribution in [0.25, 0.3) is 0 Å². The van der Waals surface area contributed by atoms with Crippen molar-refractivity contribution in [3.63, 3.8) is 0 Å². The maximum Gasteiger partial charge on any atom is 0.231 e. The van der Waals surface area contributed by atoms with Crippen LogP contribution in [0.1, 0.15) is 32.6 Å². The van der Waals surface area contributed by atoms with Crippen molar-refractivity contribution in [1.29, 1.82) is 0 Å². The molecule has 0 atom stereocenters. The molecule has 1 N–H and O–H groups in total. The number of hydrogen-bond donors (Lipinski definition) is 1. The standard InChI is InChI=1S/C13H20ClN5O/c1-2-13(4-3-5-13)18-11-15-10(14)16-12(17-11)19-6-8-20-9-7-19/h2-9H2,1H3,(H,15,16,17,18). The van der Waals surface area contributed by atoms with Gasteiger partial charge in [-0.05, 0) is 37.3 Å². The van der Waals surface area contributed by atoms with E-state index in [0.29, 0.717) is 25.1 Å². The average Bonchev–Trinajstić information content (AvgIpc) is 2.43. The number of aromatic nitrogens is 3. The molecule has 3 rings (SSSR count). The second kappa shape index (κ2) is 5.69. The maximum absolute atomic E-state index is 6.04. The summed E-state index contributed by atoms with van der Waals surface area (Å²) in [5.74, 6) is 1.23. The summed E-state index contributed by atoms with van der Waals surface area (Å²) < 4.78 is 5.34. The van der Waals surface area contributed by atoms with E-state index >= 15 is 0 Å². The van der Waals surface area contributed by atoms with Crippen LogP contribution in [-0.2, 0) is 4.74 Å². The first kappa shape index (κ1) is 13.8. The molecule has 20 heavy (non-hydrogen) atoms. The molecule has 2 fully saturated rings. The molecule has 0 radical (unpaired) electrons. The highest BCUT2D eigenvalue weighted by Gasteiger charge is 2.35. The zero-order valence-electron chi connectivity index (χ0n) is 11.7. The van der Waals surface area contributed by atoms with Gasteiger partial charge in [-0.25, -0.2) is 0 Å². The van der Waals surface area contributed by atoms with E-state index in [1.54, 1.807) is 0 Å². The van der Waals surface area contributed by atoms with Crippen molar-refractivity contribution >= 4 is 23.5 Å². The summed E-state index contributed by atoms with van der Waals surface area (Å²) in [4.78, 5) is 15.1. The number of anilines is 2. The highest BCUT2D eigenvalue weighted by Crippen LogP contribution is 2.37. The molecular weight excluding hydrogens is 278 g/mol. The Bertz CT molecular complexity index is 468. The summed E-state index contributed by atoms with van der Waals surface area (Å²) in [7, 11) is 0. The first-order valence-electron chi connectivity index (χ1n) is 7.23. The van der Waals surface area contributed by atoms with Gasteiger partial charge < -0.3 is 15.0 Å². The van der Waals surface area contributed by atoms with Gasteiger partial charge in [-0.15, -0.1) is 0 Å². The van der Waals surface area contributed by atoms with Gasteiger partial charge in [-0.3, -0.25) is 0 Å². The van der Waals surface area contributed by atoms with E-state index in [1.807, 2.05) is 0 Å². The molecule has 6 nitrogen and oxygen atoms in total. The topological polar surface area (TPSA) is 63.2 Å². The van der Waals surface area contributed by atoms with E-state index in [0.717, 1.165) is 19.5 Å². The fraction of sp³-hybridized carbons (Fsp3) is 0.769. The molecule has 1 aromatic heterocycles. The second-order valence-electron chi connectivity index (χ2n) is 5.44. The van der Waals surface area contributed by atoms with Gasteiger partial charge in [0.05, 0.1) is 13.2 Å². The normalized spacial score (nSPS) is 21.4. The lowest BCUT2D eigenvalue weighted by molar-refractivity contribution is 0.122. The van der Waals surface area contributed by atoms with Crippen LogP contribution in [-0.4, -0.2) is 46.8 Å². The van der Waals surface area contributed by atoms with E-state index in [9.17, 15) is 0 Å². The van der Waals surface area contributed by atoms with Crippen LogP contribution in [0.3, 0.4) is 0 Å². The molecule has 0 aromatic carbocycles. The molecule has 2 aliphatic rings. The van der Waals surface area contributed by atoms with Crippen molar-refractivity contribution in [2.24, 2.45) is 0 Å². The van der Waals surface area contributed by atoms with Gasteiger partial charge in [0.15, 0.2) is 0 Å². The lowest BCUT2D eigenvalue weighted by Crippen LogP contribution is -2.45. The third kappa shape index (κ3) is 2.81. The van der Waals surface area contributed by atoms with Gasteiger partial charge in [0.2, 0.25) is 17.2 Å². The number of rotatable bonds is 4. The smallest absolute Gasteiger partial charge is 0.231 e. The molecule has 0 amide bonds. The summed E-state index contributed by atoms with van der Waals surface area (Å²) in [6.45, 7) is 5.17. The average molecular weight is 298 g/mol. The number of hydrogen-bond acceptors (Lipinski definition) is 6. The van der Waals surface area contributed by atoms with Crippen molar-refractivity contribution in [2.75, 3.05) is 36.5 Å². The molecule has 1 aliphatic carbocycles. The Hall–Kier alpha value is -1.14. The van der Waals surface area contributed by atoms with E-state index in [2.05, 4.69) is 32.1 Å². The minimum atomic E-state index is 0.146. The highest BCUT2D eigenvalue weighted by atomic mass is 35.5. The molecule has 1 aliphatic heterocycles. The zero-order valence-corrected chi connectivity index (χ0v) is 12.5. The summed E-state index contributed by atoms with van der Waals surface area (Å²) in [6, 6.07) is 0. The molecule has 0 spiro atoms. The highest BCUT2D eigenvalue weighted by molar-refractivity contribution is 6.28. The number of nitrogens with zero attached hydrogens (tertiary/aromatic N) is 4. The Balaban J connectivity index is 1.79. The van der Waals surface area contributed by atoms with Crippen molar-refractivity contribution < 1.29 is 4.74 Å². The van der Waals surface area contributed by atoms with Gasteiger partial charge in [0.25, 0.3) is 0 Å². The van der Waals surface area contributed by atoms with Gasteiger partial charge in [0.1, 0.15) is 0 Å². The fourth-order valence-electron chi connectivity index (χ4n) is 2.71. The van der Waals surface area contributed by atoms with Crippen molar-refractivity contribution in [3.8, 4) is 0 Å². The Kier molecular flexibility index (Phi) is 3.94. The summed E-state index contributed by atoms with van der Waals surface area (Å²) in [5.41, 5.74) is 0.146. The monoisotopic (exact) mass is 297 g/mol. The molecule has 0 unspecified atom stereocenters. The van der Waals surface area contributed by atoms with Gasteiger partial charge >= 0.3 is 0 Å². The second-order valence-corrected chi connectivity index (χ2v) is 5.78. The molecule has 110 valence electrons. The van der Waals surface area contributed by atoms with Crippen molar-refractivity contribution in [3.05, 3.63) is 5.28 Å². The van der Waals surface area contributed by atoms with Gasteiger partial charge in [-0.2, -0.15) is 15.0 Å². The fourth-order valence-corrected chi connectivity index (χ4v) is 2.86. The van der Waals surface area contributed by atoms with E-state index < -0.39 is 0 Å². The Morgan fingerprint density at radius 3 is 2.60 bits per heavy atom. The Morgan fingerprint density at radius 1 is 1.25 bits per heavy atom. The summed E-state index contributed by atoms with van der Waals surface area (Å²) >= 11 is 6.04. The van der Waals surface area contributed by atoms with E-state index in [-0.39, 0.29) is 10.8 Å². The quantitative estimate of drug-likeness (QED) is 0.918. The lowest BCUT2D eigenvalue weighted by Gasteiger charge is -2.42. The third-order valence-corrected chi connectivity index (χ3v) is 4.42. The number of nitrogens with one attached hydrogen (secondary N) is 1. The zero-order chi connectivity index (χ0) is 14.0. The predicted octanol–water partition coefficient (Wildman–Crippen LogP) is 2.11. The number of ether oxygens (including phenoxy) is 1. The Labute approximate surface area is 123 Å². The minimum Gasteiger partial charge on any atom is -0.378 e. The molecule has 7 heteroatoms. The minimum absolute atomic E-state index is 0.146. The Morgan fingerprint density at radius 2 is 2.00 bits per heavy atom. The lowest BCUT2D eigenvalue weighted by atomic mass is 9.75. The molecule has 1 saturated carbocycles. The van der Waals surface area contributed by atoms with Crippen LogP contribution >= 0.6 is 11.6 Å². The molecule has 2 heterocycles. The van der Waals surface area contributed by atoms with Gasteiger partial charge in [0, 0.05) is 18.6 Å². The molecular formula is C13H20ClN5O. The van der Waals surface area contributed by atoms with Gasteiger partial charge in [-0.1, -0.05) is 6.92 Å². The van der Waals surface area contributed by atoms with Crippen LogP contribution in [0.2, 0.25) is 5.28 Å². The molecule has 0 bridgehead atoms. The van der Waals surface area contributed by atoms with E-state index in [4.69, 9.17) is 16.3 Å². The molecule has 1 aromatic rings.